The lowest BCUT2D eigenvalue weighted by Gasteiger charge is -2.20. The number of aromatic nitrogens is 1. The number of rotatable bonds is 5. The Morgan fingerprint density at radius 1 is 1.59 bits per heavy atom. The molecule has 1 N–H and O–H groups in total. The van der Waals surface area contributed by atoms with Crippen LogP contribution in [-0.4, -0.2) is 53.9 Å². The van der Waals surface area contributed by atoms with Crippen molar-refractivity contribution in [2.24, 2.45) is 7.05 Å². The van der Waals surface area contributed by atoms with Gasteiger partial charge in [0, 0.05) is 33.4 Å². The van der Waals surface area contributed by atoms with Gasteiger partial charge in [-0.25, -0.2) is 0 Å². The fraction of sp³-hybridized carbons (Fsp3) is 0.583. The first-order valence-corrected chi connectivity index (χ1v) is 5.52. The summed E-state index contributed by atoms with van der Waals surface area (Å²) < 4.78 is 6.66. The van der Waals surface area contributed by atoms with E-state index in [2.05, 4.69) is 0 Å². The van der Waals surface area contributed by atoms with Crippen molar-refractivity contribution in [2.75, 3.05) is 27.3 Å². The number of hydrogen-bond donors (Lipinski definition) is 1. The lowest BCUT2D eigenvalue weighted by molar-refractivity contribution is 0.0376. The molecule has 0 aliphatic rings. The summed E-state index contributed by atoms with van der Waals surface area (Å²) in [7, 11) is 5.04. The Labute approximate surface area is 102 Å². The molecule has 0 saturated heterocycles. The van der Waals surface area contributed by atoms with Gasteiger partial charge in [-0.05, 0) is 19.1 Å². The zero-order valence-corrected chi connectivity index (χ0v) is 10.8. The maximum absolute atomic E-state index is 12.1. The fourth-order valence-electron chi connectivity index (χ4n) is 1.67. The van der Waals surface area contributed by atoms with Gasteiger partial charge < -0.3 is 19.3 Å². The van der Waals surface area contributed by atoms with Crippen LogP contribution in [0.2, 0.25) is 0 Å². The van der Waals surface area contributed by atoms with Crippen LogP contribution in [0.1, 0.15) is 16.2 Å². The molecule has 0 fully saturated rings. The molecule has 0 aromatic carbocycles. The van der Waals surface area contributed by atoms with E-state index in [-0.39, 0.29) is 19.1 Å². The largest absolute Gasteiger partial charge is 0.389 e. The normalized spacial score (nSPS) is 12.5. The van der Waals surface area contributed by atoms with Crippen LogP contribution >= 0.6 is 0 Å². The van der Waals surface area contributed by atoms with Crippen LogP contribution < -0.4 is 0 Å². The van der Waals surface area contributed by atoms with E-state index >= 15 is 0 Å². The number of likely N-dealkylation sites (N-methyl/N-ethyl adjacent to an activating group) is 1. The van der Waals surface area contributed by atoms with Crippen molar-refractivity contribution in [2.45, 2.75) is 13.0 Å². The number of aliphatic hydroxyl groups excluding tert-OH is 1. The molecule has 0 aliphatic heterocycles. The third kappa shape index (κ3) is 3.31. The molecule has 0 aliphatic carbocycles. The molecule has 1 aromatic heterocycles. The summed E-state index contributed by atoms with van der Waals surface area (Å²) in [5.41, 5.74) is 1.65. The van der Waals surface area contributed by atoms with Gasteiger partial charge in [-0.1, -0.05) is 0 Å². The second kappa shape index (κ2) is 5.84. The molecule has 1 aromatic rings. The average molecular weight is 240 g/mol. The predicted octanol–water partition coefficient (Wildman–Crippen LogP) is 0.413. The van der Waals surface area contributed by atoms with E-state index in [0.717, 1.165) is 5.69 Å². The first-order valence-electron chi connectivity index (χ1n) is 5.52. The molecule has 96 valence electrons. The standard InChI is InChI=1S/C12H20N2O3/c1-9-5-6-11(14(9)3)12(16)13(2)7-10(15)8-17-4/h5-6,10,15H,7-8H2,1-4H3. The van der Waals surface area contributed by atoms with Crippen molar-refractivity contribution in [3.05, 3.63) is 23.5 Å². The monoisotopic (exact) mass is 240 g/mol. The Morgan fingerprint density at radius 2 is 2.24 bits per heavy atom. The molecule has 0 radical (unpaired) electrons. The maximum atomic E-state index is 12.1. The third-order valence-corrected chi connectivity index (χ3v) is 2.78. The summed E-state index contributed by atoms with van der Waals surface area (Å²) >= 11 is 0. The van der Waals surface area contributed by atoms with Gasteiger partial charge in [0.25, 0.3) is 5.91 Å². The molecule has 0 saturated carbocycles. The van der Waals surface area contributed by atoms with Gasteiger partial charge in [-0.3, -0.25) is 4.79 Å². The number of hydrogen-bond acceptors (Lipinski definition) is 3. The van der Waals surface area contributed by atoms with Crippen LogP contribution in [0.5, 0.6) is 0 Å². The van der Waals surface area contributed by atoms with Crippen molar-refractivity contribution in [1.29, 1.82) is 0 Å². The van der Waals surface area contributed by atoms with E-state index in [1.54, 1.807) is 13.1 Å². The number of amides is 1. The van der Waals surface area contributed by atoms with E-state index in [9.17, 15) is 9.90 Å². The lowest BCUT2D eigenvalue weighted by Crippen LogP contribution is -2.37. The van der Waals surface area contributed by atoms with Crippen LogP contribution in [0.3, 0.4) is 0 Å². The molecule has 1 amide bonds. The smallest absolute Gasteiger partial charge is 0.270 e. The summed E-state index contributed by atoms with van der Waals surface area (Å²) in [6.45, 7) is 2.43. The summed E-state index contributed by atoms with van der Waals surface area (Å²) in [4.78, 5) is 13.6. The van der Waals surface area contributed by atoms with Crippen LogP contribution in [0.25, 0.3) is 0 Å². The molecule has 17 heavy (non-hydrogen) atoms. The molecule has 0 spiro atoms. The van der Waals surface area contributed by atoms with Crippen LogP contribution in [-0.2, 0) is 11.8 Å². The predicted molar refractivity (Wildman–Crippen MR) is 65.0 cm³/mol. The average Bonchev–Trinajstić information content (AvgIpc) is 2.59. The Kier molecular flexibility index (Phi) is 4.72. The molecular weight excluding hydrogens is 220 g/mol. The van der Waals surface area contributed by atoms with Crippen molar-refractivity contribution < 1.29 is 14.6 Å². The van der Waals surface area contributed by atoms with Gasteiger partial charge >= 0.3 is 0 Å². The first kappa shape index (κ1) is 13.7. The number of methoxy groups -OCH3 is 1. The van der Waals surface area contributed by atoms with Gasteiger partial charge in [0.2, 0.25) is 0 Å². The Hall–Kier alpha value is -1.33. The van der Waals surface area contributed by atoms with E-state index in [0.29, 0.717) is 5.69 Å². The van der Waals surface area contributed by atoms with Crippen molar-refractivity contribution in [3.8, 4) is 0 Å². The van der Waals surface area contributed by atoms with E-state index in [4.69, 9.17) is 4.74 Å². The number of nitrogens with zero attached hydrogens (tertiary/aromatic N) is 2. The minimum atomic E-state index is -0.657. The number of carbonyl (C=O) groups excluding carboxylic acids is 1. The highest BCUT2D eigenvalue weighted by Crippen LogP contribution is 2.08. The van der Waals surface area contributed by atoms with Gasteiger partial charge in [0.15, 0.2) is 0 Å². The van der Waals surface area contributed by atoms with Gasteiger partial charge in [-0.2, -0.15) is 0 Å². The molecule has 1 rings (SSSR count). The summed E-state index contributed by atoms with van der Waals surface area (Å²) in [5, 5.41) is 9.56. The van der Waals surface area contributed by atoms with Crippen molar-refractivity contribution in [1.82, 2.24) is 9.47 Å². The molecular formula is C12H20N2O3. The number of carbonyl (C=O) groups is 1. The summed E-state index contributed by atoms with van der Waals surface area (Å²) in [6.07, 6.45) is -0.657. The van der Waals surface area contributed by atoms with E-state index in [1.807, 2.05) is 24.6 Å². The minimum Gasteiger partial charge on any atom is -0.389 e. The van der Waals surface area contributed by atoms with Crippen LogP contribution in [0.15, 0.2) is 12.1 Å². The SMILES string of the molecule is COCC(O)CN(C)C(=O)c1ccc(C)n1C. The molecule has 5 heteroatoms. The van der Waals surface area contributed by atoms with Crippen LogP contribution in [0, 0.1) is 6.92 Å². The fourth-order valence-corrected chi connectivity index (χ4v) is 1.67. The van der Waals surface area contributed by atoms with Crippen molar-refractivity contribution >= 4 is 5.91 Å². The Balaban J connectivity index is 2.67. The molecule has 0 bridgehead atoms. The van der Waals surface area contributed by atoms with Crippen LogP contribution in [0.4, 0.5) is 0 Å². The summed E-state index contributed by atoms with van der Waals surface area (Å²) in [5.74, 6) is -0.101. The maximum Gasteiger partial charge on any atom is 0.270 e. The minimum absolute atomic E-state index is 0.101. The Morgan fingerprint density at radius 3 is 2.71 bits per heavy atom. The third-order valence-electron chi connectivity index (χ3n) is 2.78. The van der Waals surface area contributed by atoms with E-state index in [1.165, 1.54) is 12.0 Å². The second-order valence-corrected chi connectivity index (χ2v) is 4.21. The highest BCUT2D eigenvalue weighted by Gasteiger charge is 2.18. The zero-order chi connectivity index (χ0) is 13.0. The lowest BCUT2D eigenvalue weighted by atomic mass is 10.3. The quantitative estimate of drug-likeness (QED) is 0.811. The number of aliphatic hydroxyl groups is 1. The van der Waals surface area contributed by atoms with Gasteiger partial charge in [0.1, 0.15) is 5.69 Å². The van der Waals surface area contributed by atoms with Gasteiger partial charge in [0.05, 0.1) is 12.7 Å². The number of aryl methyl sites for hydroxylation is 1. The molecule has 1 atom stereocenters. The van der Waals surface area contributed by atoms with Crippen molar-refractivity contribution in [3.63, 3.8) is 0 Å². The topological polar surface area (TPSA) is 54.7 Å². The summed E-state index contributed by atoms with van der Waals surface area (Å²) in [6, 6.07) is 3.68. The highest BCUT2D eigenvalue weighted by atomic mass is 16.5. The second-order valence-electron chi connectivity index (χ2n) is 4.21. The first-order chi connectivity index (χ1) is 7.97. The molecule has 1 unspecified atom stereocenters. The number of ether oxygens (including phenoxy) is 1. The van der Waals surface area contributed by atoms with E-state index < -0.39 is 6.10 Å². The Bertz CT molecular complexity index is 387. The highest BCUT2D eigenvalue weighted by molar-refractivity contribution is 5.92. The zero-order valence-electron chi connectivity index (χ0n) is 10.8. The van der Waals surface area contributed by atoms with Gasteiger partial charge in [-0.15, -0.1) is 0 Å². The molecule has 5 nitrogen and oxygen atoms in total. The molecule has 1 heterocycles.